The van der Waals surface area contributed by atoms with Crippen molar-refractivity contribution in [2.45, 2.75) is 4.84 Å². The molecule has 0 spiro atoms. The Morgan fingerprint density at radius 3 is 2.12 bits per heavy atom. The Labute approximate surface area is 62.2 Å². The van der Waals surface area contributed by atoms with E-state index in [1.165, 1.54) is 6.08 Å². The molecule has 0 heterocycles. The summed E-state index contributed by atoms with van der Waals surface area (Å²) in [5, 5.41) is -0.573. The van der Waals surface area contributed by atoms with Crippen molar-refractivity contribution >= 4 is 40.0 Å². The summed E-state index contributed by atoms with van der Waals surface area (Å²) in [4.78, 5) is 9.25. The molecule has 0 aromatic rings. The summed E-state index contributed by atoms with van der Waals surface area (Å²) in [7, 11) is 0. The van der Waals surface area contributed by atoms with Gasteiger partial charge in [-0.3, -0.25) is 4.79 Å². The average Bonchev–Trinajstić information content (AvgIpc) is 1.61. The van der Waals surface area contributed by atoms with Crippen molar-refractivity contribution in [2.24, 2.45) is 0 Å². The Balaban J connectivity index is 3.50. The van der Waals surface area contributed by atoms with Gasteiger partial charge in [-0.05, 0) is 23.8 Å². The normalized spacial score (nSPS) is 11.0. The van der Waals surface area contributed by atoms with Crippen LogP contribution in [0, 0.1) is 0 Å². The summed E-state index contributed by atoms with van der Waals surface area (Å²) in [5.74, 6) is 0. The highest BCUT2D eigenvalue weighted by Gasteiger charge is 1.90. The molecule has 0 radical (unpaired) electrons. The molecule has 8 heavy (non-hydrogen) atoms. The number of hydrogen-bond acceptors (Lipinski definition) is 1. The number of hydrogen-bond donors (Lipinski definition) is 0. The van der Waals surface area contributed by atoms with E-state index in [1.54, 1.807) is 0 Å². The topological polar surface area (TPSA) is 17.1 Å². The molecule has 0 aromatic carbocycles. The lowest BCUT2D eigenvalue weighted by atomic mass is 10.6. The van der Waals surface area contributed by atoms with Crippen LogP contribution in [0.3, 0.4) is 0 Å². The molecule has 1 nitrogen and oxygen atoms in total. The van der Waals surface area contributed by atoms with Crippen molar-refractivity contribution in [3.05, 3.63) is 12.2 Å². The smallest absolute Gasteiger partial charge is 0.244 e. The van der Waals surface area contributed by atoms with Crippen molar-refractivity contribution < 1.29 is 4.79 Å². The fraction of sp³-hybridized carbons (Fsp3) is 0.250. The maximum atomic E-state index is 9.91. The van der Waals surface area contributed by atoms with Crippen LogP contribution in [-0.4, -0.2) is 10.1 Å². The lowest BCUT2D eigenvalue weighted by molar-refractivity contribution is -0.107. The third-order valence-electron chi connectivity index (χ3n) is 0.373. The van der Waals surface area contributed by atoms with Gasteiger partial charge in [0.15, 0.2) is 0 Å². The van der Waals surface area contributed by atoms with Gasteiger partial charge in [0, 0.05) is 0 Å². The van der Waals surface area contributed by atoms with E-state index in [1.807, 2.05) is 0 Å². The molecule has 0 aromatic heterocycles. The van der Waals surface area contributed by atoms with Crippen LogP contribution < -0.4 is 0 Å². The number of carbonyl (C=O) groups excluding carboxylic acids is 1. The molecule has 0 fully saturated rings. The highest BCUT2D eigenvalue weighted by Crippen LogP contribution is 2.02. The van der Waals surface area contributed by atoms with E-state index in [-0.39, 0.29) is 0 Å². The van der Waals surface area contributed by atoms with Crippen LogP contribution in [0.2, 0.25) is 0 Å². The molecule has 0 aliphatic carbocycles. The molecule has 4 heteroatoms. The number of halogens is 3. The van der Waals surface area contributed by atoms with Gasteiger partial charge in [0.25, 0.3) is 0 Å². The average molecular weight is 173 g/mol. The first-order valence-corrected chi connectivity index (χ1v) is 3.04. The zero-order valence-electron chi connectivity index (χ0n) is 3.77. The maximum absolute atomic E-state index is 9.91. The van der Waals surface area contributed by atoms with Crippen LogP contribution in [0.5, 0.6) is 0 Å². The Bertz CT molecular complexity index is 108. The van der Waals surface area contributed by atoms with E-state index in [4.69, 9.17) is 34.8 Å². The molecular weight excluding hydrogens is 170 g/mol. The van der Waals surface area contributed by atoms with Crippen LogP contribution in [0.4, 0.5) is 0 Å². The second kappa shape index (κ2) is 4.19. The van der Waals surface area contributed by atoms with E-state index in [9.17, 15) is 4.79 Å². The van der Waals surface area contributed by atoms with Crippen molar-refractivity contribution in [1.29, 1.82) is 0 Å². The van der Waals surface area contributed by atoms with E-state index in [0.29, 0.717) is 0 Å². The predicted molar refractivity (Wildman–Crippen MR) is 35.5 cm³/mol. The second-order valence-electron chi connectivity index (χ2n) is 0.998. The largest absolute Gasteiger partial charge is 0.276 e. The van der Waals surface area contributed by atoms with E-state index >= 15 is 0 Å². The van der Waals surface area contributed by atoms with Crippen LogP contribution >= 0.6 is 34.8 Å². The lowest BCUT2D eigenvalue weighted by Crippen LogP contribution is -1.80. The summed E-state index contributed by atoms with van der Waals surface area (Å²) in [6, 6.07) is 0. The third kappa shape index (κ3) is 6.28. The number of alkyl halides is 2. The lowest BCUT2D eigenvalue weighted by Gasteiger charge is -1.82. The highest BCUT2D eigenvalue weighted by atomic mass is 35.5. The van der Waals surface area contributed by atoms with Crippen molar-refractivity contribution in [2.75, 3.05) is 0 Å². The van der Waals surface area contributed by atoms with Gasteiger partial charge in [-0.1, -0.05) is 0 Å². The first-order chi connectivity index (χ1) is 3.63. The molecule has 0 bridgehead atoms. The predicted octanol–water partition coefficient (Wildman–Crippen LogP) is 2.11. The third-order valence-corrected chi connectivity index (χ3v) is 0.790. The molecule has 0 saturated carbocycles. The summed E-state index contributed by atoms with van der Waals surface area (Å²) in [6.07, 6.45) is 2.39. The first kappa shape index (κ1) is 8.28. The van der Waals surface area contributed by atoms with Gasteiger partial charge in [-0.2, -0.15) is 0 Å². The monoisotopic (exact) mass is 172 g/mol. The Morgan fingerprint density at radius 1 is 1.50 bits per heavy atom. The van der Waals surface area contributed by atoms with Crippen LogP contribution in [0.1, 0.15) is 0 Å². The first-order valence-electron chi connectivity index (χ1n) is 1.78. The molecule has 0 aliphatic rings. The van der Waals surface area contributed by atoms with Crippen LogP contribution in [-0.2, 0) is 4.79 Å². The molecular formula is C4H3Cl3O. The number of carbonyl (C=O) groups is 1. The van der Waals surface area contributed by atoms with E-state index < -0.39 is 10.1 Å². The highest BCUT2D eigenvalue weighted by molar-refractivity contribution is 6.66. The summed E-state index contributed by atoms with van der Waals surface area (Å²) in [6.45, 7) is 0. The molecule has 0 saturated heterocycles. The van der Waals surface area contributed by atoms with E-state index in [0.717, 1.165) is 6.08 Å². The summed E-state index contributed by atoms with van der Waals surface area (Å²) >= 11 is 15.3. The second-order valence-corrected chi connectivity index (χ2v) is 2.53. The SMILES string of the molecule is O=C(Cl)/C=C/C(Cl)Cl. The van der Waals surface area contributed by atoms with Crippen LogP contribution in [0.15, 0.2) is 12.2 Å². The molecule has 0 N–H and O–H groups in total. The van der Waals surface area contributed by atoms with Crippen molar-refractivity contribution in [3.63, 3.8) is 0 Å². The van der Waals surface area contributed by atoms with Crippen molar-refractivity contribution in [1.82, 2.24) is 0 Å². The zero-order valence-corrected chi connectivity index (χ0v) is 6.04. The van der Waals surface area contributed by atoms with Gasteiger partial charge in [-0.25, -0.2) is 0 Å². The quantitative estimate of drug-likeness (QED) is 0.355. The Hall–Kier alpha value is 0.280. The maximum Gasteiger partial charge on any atom is 0.244 e. The Kier molecular flexibility index (Phi) is 4.33. The minimum Gasteiger partial charge on any atom is -0.276 e. The van der Waals surface area contributed by atoms with Gasteiger partial charge < -0.3 is 0 Å². The minimum atomic E-state index is -0.655. The molecule has 0 rings (SSSR count). The molecule has 0 unspecified atom stereocenters. The zero-order chi connectivity index (χ0) is 6.57. The van der Waals surface area contributed by atoms with Gasteiger partial charge >= 0.3 is 0 Å². The minimum absolute atomic E-state index is 0.573. The standard InChI is InChI=1S/C4H3Cl3O/c5-3(6)1-2-4(7)8/h1-3H/b2-1+. The number of rotatable bonds is 2. The van der Waals surface area contributed by atoms with Gasteiger partial charge in [-0.15, -0.1) is 23.2 Å². The van der Waals surface area contributed by atoms with Crippen molar-refractivity contribution in [3.8, 4) is 0 Å². The molecule has 0 amide bonds. The fourth-order valence-corrected chi connectivity index (χ4v) is 0.367. The van der Waals surface area contributed by atoms with Gasteiger partial charge in [0.05, 0.1) is 0 Å². The number of allylic oxidation sites excluding steroid dienone is 2. The summed E-state index contributed by atoms with van der Waals surface area (Å²) < 4.78 is 0. The van der Waals surface area contributed by atoms with Gasteiger partial charge in [0.1, 0.15) is 4.84 Å². The molecule has 0 aliphatic heterocycles. The molecule has 46 valence electrons. The molecule has 0 atom stereocenters. The Morgan fingerprint density at radius 2 is 2.00 bits per heavy atom. The fourth-order valence-electron chi connectivity index (χ4n) is 0.148. The van der Waals surface area contributed by atoms with Gasteiger partial charge in [0.2, 0.25) is 5.24 Å². The summed E-state index contributed by atoms with van der Waals surface area (Å²) in [5.41, 5.74) is 0. The van der Waals surface area contributed by atoms with Crippen LogP contribution in [0.25, 0.3) is 0 Å². The van der Waals surface area contributed by atoms with E-state index in [2.05, 4.69) is 0 Å².